The van der Waals surface area contributed by atoms with E-state index in [2.05, 4.69) is 29.0 Å². The van der Waals surface area contributed by atoms with Crippen LogP contribution in [-0.2, 0) is 11.3 Å². The molecule has 0 saturated carbocycles. The SMILES string of the molecule is COc1cc(CN2CCNC(=O)CC2)ccc1OCC(O)CN(C)C(C)C. The van der Waals surface area contributed by atoms with Crippen LogP contribution in [-0.4, -0.2) is 79.9 Å². The average Bonchev–Trinajstić information content (AvgIpc) is 2.84. The van der Waals surface area contributed by atoms with Gasteiger partial charge in [0.1, 0.15) is 12.7 Å². The van der Waals surface area contributed by atoms with E-state index in [1.165, 1.54) is 0 Å². The summed E-state index contributed by atoms with van der Waals surface area (Å²) in [6.07, 6.45) is -0.0370. The van der Waals surface area contributed by atoms with Gasteiger partial charge >= 0.3 is 0 Å². The molecule has 27 heavy (non-hydrogen) atoms. The normalized spacial score (nSPS) is 16.9. The molecule has 1 fully saturated rings. The summed E-state index contributed by atoms with van der Waals surface area (Å²) in [5, 5.41) is 13.1. The second-order valence-electron chi connectivity index (χ2n) is 7.36. The molecule has 1 unspecified atom stereocenters. The second kappa shape index (κ2) is 10.5. The van der Waals surface area contributed by atoms with Gasteiger partial charge in [-0.2, -0.15) is 0 Å². The summed E-state index contributed by atoms with van der Waals surface area (Å²) in [6.45, 7) is 7.97. The largest absolute Gasteiger partial charge is 0.493 e. The van der Waals surface area contributed by atoms with E-state index in [0.29, 0.717) is 37.1 Å². The van der Waals surface area contributed by atoms with E-state index >= 15 is 0 Å². The maximum Gasteiger partial charge on any atom is 0.221 e. The predicted octanol–water partition coefficient (Wildman–Crippen LogP) is 1.10. The zero-order chi connectivity index (χ0) is 19.8. The van der Waals surface area contributed by atoms with Crippen molar-refractivity contribution in [3.63, 3.8) is 0 Å². The highest BCUT2D eigenvalue weighted by Gasteiger charge is 2.16. The number of nitrogens with one attached hydrogen (secondary N) is 1. The van der Waals surface area contributed by atoms with Gasteiger partial charge in [0.05, 0.1) is 7.11 Å². The Morgan fingerprint density at radius 2 is 2.07 bits per heavy atom. The first-order valence-electron chi connectivity index (χ1n) is 9.56. The molecule has 7 nitrogen and oxygen atoms in total. The zero-order valence-electron chi connectivity index (χ0n) is 16.9. The second-order valence-corrected chi connectivity index (χ2v) is 7.36. The van der Waals surface area contributed by atoms with E-state index in [1.54, 1.807) is 7.11 Å². The van der Waals surface area contributed by atoms with Crippen LogP contribution in [0.2, 0.25) is 0 Å². The van der Waals surface area contributed by atoms with Crippen molar-refractivity contribution in [1.82, 2.24) is 15.1 Å². The number of carbonyl (C=O) groups is 1. The zero-order valence-corrected chi connectivity index (χ0v) is 16.9. The summed E-state index contributed by atoms with van der Waals surface area (Å²) in [4.78, 5) is 15.8. The number of rotatable bonds is 9. The number of aliphatic hydroxyl groups is 1. The smallest absolute Gasteiger partial charge is 0.221 e. The Morgan fingerprint density at radius 1 is 1.30 bits per heavy atom. The van der Waals surface area contributed by atoms with Crippen LogP contribution in [0, 0.1) is 0 Å². The molecule has 0 aromatic heterocycles. The van der Waals surface area contributed by atoms with Gasteiger partial charge in [0.2, 0.25) is 5.91 Å². The summed E-state index contributed by atoms with van der Waals surface area (Å²) < 4.78 is 11.2. The van der Waals surface area contributed by atoms with Crippen LogP contribution in [0.4, 0.5) is 0 Å². The highest BCUT2D eigenvalue weighted by molar-refractivity contribution is 5.76. The van der Waals surface area contributed by atoms with E-state index < -0.39 is 6.10 Å². The minimum Gasteiger partial charge on any atom is -0.493 e. The quantitative estimate of drug-likeness (QED) is 0.669. The lowest BCUT2D eigenvalue weighted by atomic mass is 10.2. The van der Waals surface area contributed by atoms with E-state index in [4.69, 9.17) is 9.47 Å². The molecule has 1 aliphatic heterocycles. The molecule has 1 aromatic rings. The van der Waals surface area contributed by atoms with Crippen molar-refractivity contribution in [2.45, 2.75) is 39.0 Å². The molecule has 0 radical (unpaired) electrons. The Bertz CT molecular complexity index is 609. The molecule has 7 heteroatoms. The highest BCUT2D eigenvalue weighted by atomic mass is 16.5. The Labute approximate surface area is 162 Å². The summed E-state index contributed by atoms with van der Waals surface area (Å²) in [6, 6.07) is 6.22. The molecule has 2 rings (SSSR count). The fourth-order valence-electron chi connectivity index (χ4n) is 2.94. The predicted molar refractivity (Wildman–Crippen MR) is 105 cm³/mol. The fraction of sp³-hybridized carbons (Fsp3) is 0.650. The molecule has 152 valence electrons. The first-order valence-corrected chi connectivity index (χ1v) is 9.56. The van der Waals surface area contributed by atoms with Crippen LogP contribution < -0.4 is 14.8 Å². The lowest BCUT2D eigenvalue weighted by molar-refractivity contribution is -0.120. The minimum absolute atomic E-state index is 0.112. The summed E-state index contributed by atoms with van der Waals surface area (Å²) >= 11 is 0. The van der Waals surface area contributed by atoms with Crippen molar-refractivity contribution in [2.75, 3.05) is 46.9 Å². The first kappa shape index (κ1) is 21.5. The van der Waals surface area contributed by atoms with Gasteiger partial charge in [-0.3, -0.25) is 9.69 Å². The topological polar surface area (TPSA) is 74.3 Å². The van der Waals surface area contributed by atoms with Crippen LogP contribution >= 0.6 is 0 Å². The number of hydrogen-bond donors (Lipinski definition) is 2. The summed E-state index contributed by atoms with van der Waals surface area (Å²) in [7, 11) is 3.60. The summed E-state index contributed by atoms with van der Waals surface area (Å²) in [5.74, 6) is 1.39. The number of carbonyl (C=O) groups excluding carboxylic acids is 1. The van der Waals surface area contributed by atoms with Crippen molar-refractivity contribution < 1.29 is 19.4 Å². The van der Waals surface area contributed by atoms with E-state index in [-0.39, 0.29) is 12.5 Å². The first-order chi connectivity index (χ1) is 12.9. The monoisotopic (exact) mass is 379 g/mol. The molecular formula is C20H33N3O4. The van der Waals surface area contributed by atoms with Crippen molar-refractivity contribution >= 4 is 5.91 Å². The van der Waals surface area contributed by atoms with E-state index in [9.17, 15) is 9.90 Å². The van der Waals surface area contributed by atoms with Gasteiger partial charge in [-0.25, -0.2) is 0 Å². The van der Waals surface area contributed by atoms with Gasteiger partial charge in [0.15, 0.2) is 11.5 Å². The fourth-order valence-corrected chi connectivity index (χ4v) is 2.94. The molecular weight excluding hydrogens is 346 g/mol. The van der Waals surface area contributed by atoms with Gasteiger partial charge in [0.25, 0.3) is 0 Å². The lowest BCUT2D eigenvalue weighted by Gasteiger charge is -2.24. The molecule has 1 aromatic carbocycles. The molecule has 0 bridgehead atoms. The average molecular weight is 380 g/mol. The molecule has 0 spiro atoms. The van der Waals surface area contributed by atoms with Crippen LogP contribution in [0.25, 0.3) is 0 Å². The van der Waals surface area contributed by atoms with Gasteiger partial charge in [0, 0.05) is 45.2 Å². The van der Waals surface area contributed by atoms with Crippen LogP contribution in [0.5, 0.6) is 11.5 Å². The number of nitrogens with zero attached hydrogens (tertiary/aromatic N) is 2. The Balaban J connectivity index is 1.92. The number of likely N-dealkylation sites (N-methyl/N-ethyl adjacent to an activating group) is 1. The molecule has 1 saturated heterocycles. The van der Waals surface area contributed by atoms with Crippen molar-refractivity contribution in [3.05, 3.63) is 23.8 Å². The Kier molecular flexibility index (Phi) is 8.34. The summed E-state index contributed by atoms with van der Waals surface area (Å²) in [5.41, 5.74) is 1.11. The number of aliphatic hydroxyl groups excluding tert-OH is 1. The molecule has 0 aliphatic carbocycles. The minimum atomic E-state index is -0.566. The standard InChI is InChI=1S/C20H33N3O4/c1-15(2)22(3)13-17(24)14-27-18-6-5-16(11-19(18)26-4)12-23-9-7-20(25)21-8-10-23/h5-6,11,15,17,24H,7-10,12-14H2,1-4H3,(H,21,25). The molecule has 2 N–H and O–H groups in total. The van der Waals surface area contributed by atoms with Crippen LogP contribution in [0.1, 0.15) is 25.8 Å². The Morgan fingerprint density at radius 3 is 2.78 bits per heavy atom. The van der Waals surface area contributed by atoms with Crippen LogP contribution in [0.3, 0.4) is 0 Å². The number of methoxy groups -OCH3 is 1. The van der Waals surface area contributed by atoms with Gasteiger partial charge < -0.3 is 24.8 Å². The third-order valence-corrected chi connectivity index (χ3v) is 4.85. The maximum atomic E-state index is 11.5. The molecule has 1 atom stereocenters. The van der Waals surface area contributed by atoms with Crippen molar-refractivity contribution in [2.24, 2.45) is 0 Å². The third-order valence-electron chi connectivity index (χ3n) is 4.85. The van der Waals surface area contributed by atoms with E-state index in [1.807, 2.05) is 25.2 Å². The molecule has 1 amide bonds. The number of amides is 1. The van der Waals surface area contributed by atoms with Gasteiger partial charge in [-0.1, -0.05) is 6.07 Å². The van der Waals surface area contributed by atoms with Crippen LogP contribution in [0.15, 0.2) is 18.2 Å². The third kappa shape index (κ3) is 7.01. The number of hydrogen-bond acceptors (Lipinski definition) is 6. The molecule has 1 aliphatic rings. The van der Waals surface area contributed by atoms with E-state index in [0.717, 1.165) is 25.2 Å². The van der Waals surface area contributed by atoms with Crippen molar-refractivity contribution in [1.29, 1.82) is 0 Å². The van der Waals surface area contributed by atoms with Gasteiger partial charge in [-0.05, 0) is 38.6 Å². The number of ether oxygens (including phenoxy) is 2. The maximum absolute atomic E-state index is 11.5. The number of benzene rings is 1. The molecule has 1 heterocycles. The van der Waals surface area contributed by atoms with Crippen molar-refractivity contribution in [3.8, 4) is 11.5 Å². The lowest BCUT2D eigenvalue weighted by Crippen LogP contribution is -2.36. The van der Waals surface area contributed by atoms with Gasteiger partial charge in [-0.15, -0.1) is 0 Å². The highest BCUT2D eigenvalue weighted by Crippen LogP contribution is 2.28. The Hall–Kier alpha value is -1.83.